The summed E-state index contributed by atoms with van der Waals surface area (Å²) >= 11 is 0. The Morgan fingerprint density at radius 3 is 1.18 bits per heavy atom. The normalized spacial score (nSPS) is 19.8. The van der Waals surface area contributed by atoms with E-state index in [-0.39, 0.29) is 30.1 Å². The Kier molecular flexibility index (Phi) is 19.6. The van der Waals surface area contributed by atoms with Crippen molar-refractivity contribution in [3.8, 4) is 0 Å². The van der Waals surface area contributed by atoms with Gasteiger partial charge in [-0.2, -0.15) is 0 Å². The van der Waals surface area contributed by atoms with Crippen molar-refractivity contribution in [3.05, 3.63) is 0 Å². The molecule has 0 rings (SSSR count). The molecule has 0 aromatic carbocycles. The first-order valence-corrected chi connectivity index (χ1v) is 15.4. The van der Waals surface area contributed by atoms with Gasteiger partial charge in [0.2, 0.25) is 0 Å². The lowest BCUT2D eigenvalue weighted by Crippen LogP contribution is -2.44. The van der Waals surface area contributed by atoms with Crippen molar-refractivity contribution in [1.82, 2.24) is 0 Å². The largest absolute Gasteiger partial charge is 0.393 e. The molecule has 0 aliphatic carbocycles. The fourth-order valence-corrected chi connectivity index (χ4v) is 4.79. The highest BCUT2D eigenvalue weighted by Gasteiger charge is 2.35. The molecule has 6 nitrogen and oxygen atoms in total. The van der Waals surface area contributed by atoms with Crippen molar-refractivity contribution in [1.29, 1.82) is 0 Å². The first-order chi connectivity index (χ1) is 17.6. The Labute approximate surface area is 236 Å². The summed E-state index contributed by atoms with van der Waals surface area (Å²) in [5, 5.41) is 20.5. The molecule has 6 heteroatoms. The van der Waals surface area contributed by atoms with Crippen LogP contribution < -0.4 is 0 Å². The summed E-state index contributed by atoms with van der Waals surface area (Å²) < 4.78 is 25.5. The van der Waals surface area contributed by atoms with Crippen LogP contribution in [0.5, 0.6) is 0 Å². The van der Waals surface area contributed by atoms with Crippen molar-refractivity contribution >= 4 is 0 Å². The second-order valence-corrected chi connectivity index (χ2v) is 13.8. The molecular weight excluding hydrogens is 480 g/mol. The van der Waals surface area contributed by atoms with Gasteiger partial charge in [0.25, 0.3) is 0 Å². The van der Waals surface area contributed by atoms with E-state index >= 15 is 0 Å². The monoisotopic (exact) mass is 546 g/mol. The molecule has 7 atom stereocenters. The van der Waals surface area contributed by atoms with Crippen molar-refractivity contribution in [2.75, 3.05) is 33.0 Å². The van der Waals surface area contributed by atoms with Gasteiger partial charge in [0.1, 0.15) is 0 Å². The van der Waals surface area contributed by atoms with E-state index < -0.39 is 17.6 Å². The van der Waals surface area contributed by atoms with Crippen molar-refractivity contribution < 1.29 is 29.2 Å². The Balaban J connectivity index is 5.58. The Morgan fingerprint density at radius 1 is 0.500 bits per heavy atom. The molecule has 0 aromatic rings. The lowest BCUT2D eigenvalue weighted by atomic mass is 9.90. The second-order valence-electron chi connectivity index (χ2n) is 13.8. The van der Waals surface area contributed by atoms with Crippen LogP contribution in [0.1, 0.15) is 109 Å². The zero-order valence-electron chi connectivity index (χ0n) is 27.2. The van der Waals surface area contributed by atoms with Crippen molar-refractivity contribution in [2.45, 2.75) is 139 Å². The molecular formula is C32H66O6. The molecule has 0 aliphatic rings. The number of hydrogen-bond donors (Lipinski definition) is 2. The molecule has 2 N–H and O–H groups in total. The number of aliphatic hydroxyl groups is 2. The van der Waals surface area contributed by atoms with Gasteiger partial charge in [-0.25, -0.2) is 0 Å². The fraction of sp³-hybridized carbons (Fsp3) is 1.00. The highest BCUT2D eigenvalue weighted by atomic mass is 16.5. The van der Waals surface area contributed by atoms with Crippen LogP contribution in [-0.4, -0.2) is 73.8 Å². The Morgan fingerprint density at radius 2 is 0.868 bits per heavy atom. The van der Waals surface area contributed by atoms with Crippen LogP contribution in [0, 0.1) is 35.0 Å². The van der Waals surface area contributed by atoms with E-state index in [1.165, 1.54) is 0 Å². The molecule has 0 heterocycles. The third-order valence-corrected chi connectivity index (χ3v) is 7.31. The average Bonchev–Trinajstić information content (AvgIpc) is 2.78. The van der Waals surface area contributed by atoms with Crippen molar-refractivity contribution in [2.24, 2.45) is 35.0 Å². The van der Waals surface area contributed by atoms with Crippen LogP contribution >= 0.6 is 0 Å². The zero-order chi connectivity index (χ0) is 29.5. The molecule has 7 unspecified atom stereocenters. The summed E-state index contributed by atoms with van der Waals surface area (Å²) in [5.41, 5.74) is -0.445. The molecule has 0 radical (unpaired) electrons. The molecule has 0 saturated heterocycles. The average molecular weight is 547 g/mol. The SMILES string of the molecule is CC(C)CC(C)OCC(COCC(C)C(O)CC(C)C(C)O)(COC(C)CC(C)C)COC(C)CC(C)C. The molecule has 230 valence electrons. The number of ether oxygens (including phenoxy) is 4. The molecule has 0 spiro atoms. The van der Waals surface area contributed by atoms with Crippen LogP contribution in [0.3, 0.4) is 0 Å². The van der Waals surface area contributed by atoms with Gasteiger partial charge in [0.05, 0.1) is 69.0 Å². The predicted octanol–water partition coefficient (Wildman–Crippen LogP) is 6.75. The minimum absolute atomic E-state index is 0.0362. The van der Waals surface area contributed by atoms with E-state index in [1.54, 1.807) is 6.92 Å². The maximum absolute atomic E-state index is 10.7. The molecule has 0 bridgehead atoms. The summed E-state index contributed by atoms with van der Waals surface area (Å²) in [6.45, 7) is 27.8. The molecule has 0 fully saturated rings. The summed E-state index contributed by atoms with van der Waals surface area (Å²) in [6.07, 6.45) is 2.99. The predicted molar refractivity (Wildman–Crippen MR) is 158 cm³/mol. The topological polar surface area (TPSA) is 77.4 Å². The Bertz CT molecular complexity index is 514. The standard InChI is InChI=1S/C32H66O6/c1-22(2)13-27(9)36-19-32(20-37-28(10)14-23(3)4,21-38-29(11)15-24(5)6)18-35-17-26(8)31(34)16-25(7)30(12)33/h22-31,33-34H,13-21H2,1-12H3. The van der Waals surface area contributed by atoms with Gasteiger partial charge in [0.15, 0.2) is 0 Å². The molecule has 0 aromatic heterocycles. The summed E-state index contributed by atoms with van der Waals surface area (Å²) in [4.78, 5) is 0. The maximum Gasteiger partial charge on any atom is 0.0638 e. The first kappa shape index (κ1) is 37.8. The minimum Gasteiger partial charge on any atom is -0.393 e. The summed E-state index contributed by atoms with van der Waals surface area (Å²) in [7, 11) is 0. The van der Waals surface area contributed by atoms with E-state index in [4.69, 9.17) is 18.9 Å². The highest BCUT2D eigenvalue weighted by molar-refractivity contribution is 4.82. The van der Waals surface area contributed by atoms with E-state index in [2.05, 4.69) is 62.3 Å². The van der Waals surface area contributed by atoms with Crippen LogP contribution in [0.15, 0.2) is 0 Å². The summed E-state index contributed by atoms with van der Waals surface area (Å²) in [5.74, 6) is 1.68. The Hall–Kier alpha value is -0.240. The summed E-state index contributed by atoms with van der Waals surface area (Å²) in [6, 6.07) is 0. The van der Waals surface area contributed by atoms with Gasteiger partial charge in [-0.1, -0.05) is 55.4 Å². The fourth-order valence-electron chi connectivity index (χ4n) is 4.79. The smallest absolute Gasteiger partial charge is 0.0638 e. The van der Waals surface area contributed by atoms with Crippen LogP contribution in [0.25, 0.3) is 0 Å². The third-order valence-electron chi connectivity index (χ3n) is 7.31. The second kappa shape index (κ2) is 19.8. The quantitative estimate of drug-likeness (QED) is 0.148. The highest BCUT2D eigenvalue weighted by Crippen LogP contribution is 2.26. The number of aliphatic hydroxyl groups excluding tert-OH is 2. The van der Waals surface area contributed by atoms with Crippen LogP contribution in [0.4, 0.5) is 0 Å². The van der Waals surface area contributed by atoms with Gasteiger partial charge in [-0.15, -0.1) is 0 Å². The number of hydrogen-bond acceptors (Lipinski definition) is 6. The van der Waals surface area contributed by atoms with E-state index in [9.17, 15) is 10.2 Å². The number of rotatable bonds is 23. The minimum atomic E-state index is -0.527. The van der Waals surface area contributed by atoms with Crippen molar-refractivity contribution in [3.63, 3.8) is 0 Å². The van der Waals surface area contributed by atoms with E-state index in [0.29, 0.717) is 57.2 Å². The molecule has 38 heavy (non-hydrogen) atoms. The third kappa shape index (κ3) is 18.2. The lowest BCUT2D eigenvalue weighted by Gasteiger charge is -2.36. The van der Waals surface area contributed by atoms with E-state index in [1.807, 2.05) is 13.8 Å². The molecule has 0 aliphatic heterocycles. The first-order valence-electron chi connectivity index (χ1n) is 15.4. The molecule has 0 saturated carbocycles. The van der Waals surface area contributed by atoms with Crippen LogP contribution in [0.2, 0.25) is 0 Å². The zero-order valence-corrected chi connectivity index (χ0v) is 27.2. The lowest BCUT2D eigenvalue weighted by molar-refractivity contribution is -0.143. The maximum atomic E-state index is 10.7. The van der Waals surface area contributed by atoms with Gasteiger partial charge >= 0.3 is 0 Å². The van der Waals surface area contributed by atoms with Gasteiger partial charge in [-0.05, 0) is 77.0 Å². The van der Waals surface area contributed by atoms with Gasteiger partial charge < -0.3 is 29.2 Å². The van der Waals surface area contributed by atoms with Gasteiger partial charge in [-0.3, -0.25) is 0 Å². The van der Waals surface area contributed by atoms with Crippen LogP contribution in [-0.2, 0) is 18.9 Å². The molecule has 0 amide bonds. The van der Waals surface area contributed by atoms with Gasteiger partial charge in [0, 0.05) is 5.92 Å². The van der Waals surface area contributed by atoms with E-state index in [0.717, 1.165) is 19.3 Å².